The van der Waals surface area contributed by atoms with E-state index in [0.717, 1.165) is 82.8 Å². The zero-order valence-electron chi connectivity index (χ0n) is 23.2. The molecule has 0 aliphatic heterocycles. The molecule has 0 fully saturated rings. The molecule has 0 atom stereocenters. The molecule has 0 bridgehead atoms. The number of furan rings is 1. The van der Waals surface area contributed by atoms with Gasteiger partial charge in [0.25, 0.3) is 0 Å². The zero-order valence-corrected chi connectivity index (χ0v) is 23.2. The number of pyridine rings is 2. The monoisotopic (exact) mass is 548 g/mol. The van der Waals surface area contributed by atoms with Gasteiger partial charge < -0.3 is 4.42 Å². The Labute approximate surface area is 247 Å². The van der Waals surface area contributed by atoms with Gasteiger partial charge in [-0.3, -0.25) is 0 Å². The summed E-state index contributed by atoms with van der Waals surface area (Å²) in [5, 5.41) is 6.71. The second kappa shape index (κ2) is 9.37. The van der Waals surface area contributed by atoms with Crippen LogP contribution in [0.3, 0.4) is 0 Å². The Morgan fingerprint density at radius 3 is 2.05 bits per heavy atom. The average Bonchev–Trinajstić information content (AvgIpc) is 3.45. The van der Waals surface area contributed by atoms with E-state index in [1.807, 2.05) is 30.3 Å². The van der Waals surface area contributed by atoms with Gasteiger partial charge in [-0.2, -0.15) is 0 Å². The highest BCUT2D eigenvalue weighted by Crippen LogP contribution is 2.46. The predicted octanol–water partition coefficient (Wildman–Crippen LogP) is 10.8. The van der Waals surface area contributed by atoms with Crippen LogP contribution < -0.4 is 0 Å². The Hall–Kier alpha value is -5.80. The third-order valence-electron chi connectivity index (χ3n) is 8.42. The molecular formula is C40H24N2O. The summed E-state index contributed by atoms with van der Waals surface area (Å²) in [6, 6.07) is 50.7. The molecule has 3 aromatic heterocycles. The molecule has 200 valence electrons. The van der Waals surface area contributed by atoms with Crippen molar-refractivity contribution in [1.82, 2.24) is 9.97 Å². The van der Waals surface area contributed by atoms with Gasteiger partial charge in [0.05, 0.1) is 22.4 Å². The van der Waals surface area contributed by atoms with E-state index >= 15 is 0 Å². The first kappa shape index (κ1) is 23.9. The molecule has 0 unspecified atom stereocenters. The minimum atomic E-state index is 0.854. The van der Waals surface area contributed by atoms with E-state index < -0.39 is 0 Å². The molecule has 0 spiro atoms. The van der Waals surface area contributed by atoms with Crippen molar-refractivity contribution in [3.63, 3.8) is 0 Å². The third kappa shape index (κ3) is 3.75. The van der Waals surface area contributed by atoms with Gasteiger partial charge in [0.2, 0.25) is 0 Å². The Balaban J connectivity index is 1.44. The van der Waals surface area contributed by atoms with Gasteiger partial charge >= 0.3 is 0 Å². The number of benzene rings is 6. The molecule has 0 aliphatic carbocycles. The first-order valence-corrected chi connectivity index (χ1v) is 14.5. The number of para-hydroxylation sites is 3. The van der Waals surface area contributed by atoms with Gasteiger partial charge in [0.1, 0.15) is 11.2 Å². The highest BCUT2D eigenvalue weighted by Gasteiger charge is 2.21. The maximum atomic E-state index is 6.55. The first-order chi connectivity index (χ1) is 21.3. The number of hydrogen-bond donors (Lipinski definition) is 0. The van der Waals surface area contributed by atoms with Crippen LogP contribution in [0.25, 0.3) is 88.2 Å². The van der Waals surface area contributed by atoms with E-state index in [0.29, 0.717) is 0 Å². The summed E-state index contributed by atoms with van der Waals surface area (Å²) in [6.07, 6.45) is 0. The van der Waals surface area contributed by atoms with Gasteiger partial charge in [-0.15, -0.1) is 0 Å². The Morgan fingerprint density at radius 2 is 1.14 bits per heavy atom. The van der Waals surface area contributed by atoms with E-state index in [1.54, 1.807) is 0 Å². The standard InChI is InChI=1S/C40H24N2O/c1-2-12-26(13-3-1)40-31-24-36-39(30-17-6-9-20-35(30)43-36)37(38(31)29-16-5-8-19-34(29)42-40)28-15-10-14-27(23-28)33-22-21-25-11-4-7-18-32(25)41-33/h1-24H. The van der Waals surface area contributed by atoms with Gasteiger partial charge in [0, 0.05) is 49.0 Å². The van der Waals surface area contributed by atoms with Crippen molar-refractivity contribution in [2.75, 3.05) is 0 Å². The van der Waals surface area contributed by atoms with E-state index in [1.165, 1.54) is 5.39 Å². The highest BCUT2D eigenvalue weighted by molar-refractivity contribution is 6.27. The Kier molecular flexibility index (Phi) is 5.20. The topological polar surface area (TPSA) is 38.9 Å². The van der Waals surface area contributed by atoms with Gasteiger partial charge in [-0.05, 0) is 42.0 Å². The SMILES string of the molecule is c1ccc(-c2nc3ccccc3c3c(-c4cccc(-c5ccc6ccccc6n5)c4)c4c(cc23)oc2ccccc24)cc1. The average molecular weight is 549 g/mol. The van der Waals surface area contributed by atoms with Crippen LogP contribution in [-0.4, -0.2) is 9.97 Å². The zero-order chi connectivity index (χ0) is 28.3. The van der Waals surface area contributed by atoms with Crippen molar-refractivity contribution in [3.8, 4) is 33.6 Å². The molecule has 3 heteroatoms. The van der Waals surface area contributed by atoms with Crippen molar-refractivity contribution in [3.05, 3.63) is 146 Å². The lowest BCUT2D eigenvalue weighted by atomic mass is 9.89. The minimum absolute atomic E-state index is 0.854. The first-order valence-electron chi connectivity index (χ1n) is 14.5. The molecule has 0 saturated heterocycles. The van der Waals surface area contributed by atoms with Crippen LogP contribution in [0.4, 0.5) is 0 Å². The summed E-state index contributed by atoms with van der Waals surface area (Å²) in [7, 11) is 0. The fraction of sp³-hybridized carbons (Fsp3) is 0. The van der Waals surface area contributed by atoms with Crippen LogP contribution in [0.15, 0.2) is 150 Å². The van der Waals surface area contributed by atoms with Crippen molar-refractivity contribution in [2.24, 2.45) is 0 Å². The lowest BCUT2D eigenvalue weighted by Crippen LogP contribution is -1.93. The number of nitrogens with zero attached hydrogens (tertiary/aromatic N) is 2. The van der Waals surface area contributed by atoms with E-state index in [-0.39, 0.29) is 0 Å². The fourth-order valence-electron chi connectivity index (χ4n) is 6.48. The summed E-state index contributed by atoms with van der Waals surface area (Å²) in [5.74, 6) is 0. The van der Waals surface area contributed by atoms with E-state index in [2.05, 4.69) is 115 Å². The smallest absolute Gasteiger partial charge is 0.136 e. The van der Waals surface area contributed by atoms with Gasteiger partial charge in [-0.25, -0.2) is 9.97 Å². The summed E-state index contributed by atoms with van der Waals surface area (Å²) in [5.41, 5.74) is 10.00. The van der Waals surface area contributed by atoms with Gasteiger partial charge in [0.15, 0.2) is 0 Å². The predicted molar refractivity (Wildman–Crippen MR) is 178 cm³/mol. The molecule has 9 rings (SSSR count). The van der Waals surface area contributed by atoms with Crippen molar-refractivity contribution in [2.45, 2.75) is 0 Å². The molecule has 6 aromatic carbocycles. The summed E-state index contributed by atoms with van der Waals surface area (Å²) in [6.45, 7) is 0. The highest BCUT2D eigenvalue weighted by atomic mass is 16.3. The Morgan fingerprint density at radius 1 is 0.419 bits per heavy atom. The molecule has 0 saturated carbocycles. The van der Waals surface area contributed by atoms with Crippen LogP contribution >= 0.6 is 0 Å². The van der Waals surface area contributed by atoms with Crippen LogP contribution in [0.1, 0.15) is 0 Å². The second-order valence-electron chi connectivity index (χ2n) is 11.0. The summed E-state index contributed by atoms with van der Waals surface area (Å²) >= 11 is 0. The molecule has 3 nitrogen and oxygen atoms in total. The molecule has 0 amide bonds. The molecule has 43 heavy (non-hydrogen) atoms. The molecular weight excluding hydrogens is 524 g/mol. The number of aromatic nitrogens is 2. The summed E-state index contributed by atoms with van der Waals surface area (Å²) < 4.78 is 6.55. The number of hydrogen-bond acceptors (Lipinski definition) is 3. The van der Waals surface area contributed by atoms with Crippen molar-refractivity contribution >= 4 is 54.5 Å². The largest absolute Gasteiger partial charge is 0.456 e. The molecule has 9 aromatic rings. The molecule has 0 radical (unpaired) electrons. The minimum Gasteiger partial charge on any atom is -0.456 e. The lowest BCUT2D eigenvalue weighted by molar-refractivity contribution is 0.669. The normalized spacial score (nSPS) is 11.7. The van der Waals surface area contributed by atoms with Crippen molar-refractivity contribution < 1.29 is 4.42 Å². The summed E-state index contributed by atoms with van der Waals surface area (Å²) in [4.78, 5) is 10.2. The second-order valence-corrected chi connectivity index (χ2v) is 11.0. The van der Waals surface area contributed by atoms with Gasteiger partial charge in [-0.1, -0.05) is 109 Å². The quantitative estimate of drug-likeness (QED) is 0.206. The molecule has 3 heterocycles. The maximum absolute atomic E-state index is 6.55. The number of rotatable bonds is 3. The van der Waals surface area contributed by atoms with E-state index in [9.17, 15) is 0 Å². The van der Waals surface area contributed by atoms with Crippen LogP contribution in [0.5, 0.6) is 0 Å². The van der Waals surface area contributed by atoms with Crippen LogP contribution in [0.2, 0.25) is 0 Å². The molecule has 0 aliphatic rings. The fourth-order valence-corrected chi connectivity index (χ4v) is 6.48. The number of fused-ring (bicyclic) bond motifs is 7. The van der Waals surface area contributed by atoms with E-state index in [4.69, 9.17) is 14.4 Å². The molecule has 0 N–H and O–H groups in total. The van der Waals surface area contributed by atoms with Crippen LogP contribution in [0, 0.1) is 0 Å². The maximum Gasteiger partial charge on any atom is 0.136 e. The van der Waals surface area contributed by atoms with Crippen molar-refractivity contribution in [1.29, 1.82) is 0 Å². The van der Waals surface area contributed by atoms with Crippen LogP contribution in [-0.2, 0) is 0 Å². The lowest BCUT2D eigenvalue weighted by Gasteiger charge is -2.16. The third-order valence-corrected chi connectivity index (χ3v) is 8.42. The Bertz CT molecular complexity index is 2510.